The van der Waals surface area contributed by atoms with Gasteiger partial charge in [-0.25, -0.2) is 4.98 Å². The first-order valence-electron chi connectivity index (χ1n) is 10.6. The number of carbonyl (C=O) groups excluding carboxylic acids is 1. The molecule has 164 valence electrons. The molecule has 1 aromatic carbocycles. The number of fused-ring (bicyclic) bond motifs is 1. The van der Waals surface area contributed by atoms with Crippen LogP contribution >= 0.6 is 23.1 Å². The zero-order valence-corrected chi connectivity index (χ0v) is 19.5. The van der Waals surface area contributed by atoms with Gasteiger partial charge in [0.25, 0.3) is 5.56 Å². The highest BCUT2D eigenvalue weighted by atomic mass is 32.2. The number of benzene rings is 1. The lowest BCUT2D eigenvalue weighted by atomic mass is 10.0. The fraction of sp³-hybridized carbons (Fsp3) is 0.435. The van der Waals surface area contributed by atoms with Crippen LogP contribution in [0.2, 0.25) is 0 Å². The number of hydrogen-bond donors (Lipinski definition) is 0. The summed E-state index contributed by atoms with van der Waals surface area (Å²) in [7, 11) is 1.62. The minimum Gasteiger partial charge on any atom is -0.496 e. The largest absolute Gasteiger partial charge is 0.496 e. The van der Waals surface area contributed by atoms with Gasteiger partial charge in [-0.2, -0.15) is 0 Å². The van der Waals surface area contributed by atoms with E-state index in [0.29, 0.717) is 28.0 Å². The van der Waals surface area contributed by atoms with Crippen LogP contribution in [0.15, 0.2) is 45.7 Å². The van der Waals surface area contributed by atoms with Gasteiger partial charge in [-0.1, -0.05) is 36.9 Å². The molecule has 1 saturated heterocycles. The molecular formula is C23H27N3O3S2. The number of rotatable bonds is 7. The molecule has 3 aromatic rings. The van der Waals surface area contributed by atoms with Gasteiger partial charge in [0.2, 0.25) is 5.91 Å². The topological polar surface area (TPSA) is 64.4 Å². The Balaban J connectivity index is 1.63. The van der Waals surface area contributed by atoms with Crippen molar-refractivity contribution in [2.24, 2.45) is 0 Å². The molecule has 1 aliphatic rings. The second-order valence-electron chi connectivity index (χ2n) is 7.67. The summed E-state index contributed by atoms with van der Waals surface area (Å²) >= 11 is 2.75. The average Bonchev–Trinajstić information content (AvgIpc) is 3.28. The van der Waals surface area contributed by atoms with Crippen LogP contribution in [-0.4, -0.2) is 45.8 Å². The standard InChI is InChI=1S/C23H27N3O3S2/c1-3-17-9-6-7-12-25(17)20(27)15-31-23-24-18-11-13-30-21(18)22(28)26(23)14-16-8-4-5-10-19(16)29-2/h4-5,8,10-11,13,17H,3,6-7,9,12,14-15H2,1-2H3/t17-/m1/s1. The second-order valence-corrected chi connectivity index (χ2v) is 9.52. The van der Waals surface area contributed by atoms with E-state index in [-0.39, 0.29) is 17.2 Å². The Bertz CT molecular complexity index is 1120. The van der Waals surface area contributed by atoms with Crippen LogP contribution in [0.5, 0.6) is 5.75 Å². The summed E-state index contributed by atoms with van der Waals surface area (Å²) in [5.74, 6) is 1.14. The van der Waals surface area contributed by atoms with Crippen molar-refractivity contribution in [2.75, 3.05) is 19.4 Å². The number of para-hydroxylation sites is 1. The summed E-state index contributed by atoms with van der Waals surface area (Å²) in [6, 6.07) is 9.85. The van der Waals surface area contributed by atoms with Crippen molar-refractivity contribution in [1.29, 1.82) is 0 Å². The maximum atomic E-state index is 13.2. The monoisotopic (exact) mass is 457 g/mol. The van der Waals surface area contributed by atoms with Crippen LogP contribution in [0.1, 0.15) is 38.2 Å². The molecule has 0 unspecified atom stereocenters. The van der Waals surface area contributed by atoms with Crippen molar-refractivity contribution in [3.63, 3.8) is 0 Å². The van der Waals surface area contributed by atoms with Gasteiger partial charge < -0.3 is 9.64 Å². The Kier molecular flexibility index (Phi) is 6.97. The van der Waals surface area contributed by atoms with Crippen LogP contribution in [0.4, 0.5) is 0 Å². The van der Waals surface area contributed by atoms with Gasteiger partial charge >= 0.3 is 0 Å². The van der Waals surface area contributed by atoms with Crippen LogP contribution in [0.3, 0.4) is 0 Å². The lowest BCUT2D eigenvalue weighted by Gasteiger charge is -2.35. The third kappa shape index (κ3) is 4.65. The second kappa shape index (κ2) is 9.87. The molecule has 0 saturated carbocycles. The highest BCUT2D eigenvalue weighted by Crippen LogP contribution is 2.26. The van der Waals surface area contributed by atoms with E-state index >= 15 is 0 Å². The lowest BCUT2D eigenvalue weighted by Crippen LogP contribution is -2.44. The van der Waals surface area contributed by atoms with E-state index in [1.165, 1.54) is 29.5 Å². The smallest absolute Gasteiger partial charge is 0.272 e. The van der Waals surface area contributed by atoms with E-state index in [4.69, 9.17) is 9.72 Å². The first kappa shape index (κ1) is 21.9. The summed E-state index contributed by atoms with van der Waals surface area (Å²) in [5, 5.41) is 2.45. The van der Waals surface area contributed by atoms with E-state index in [2.05, 4.69) is 6.92 Å². The summed E-state index contributed by atoms with van der Waals surface area (Å²) in [5.41, 5.74) is 1.51. The number of methoxy groups -OCH3 is 1. The van der Waals surface area contributed by atoms with E-state index in [0.717, 1.165) is 37.1 Å². The molecule has 0 aliphatic carbocycles. The third-order valence-corrected chi connectivity index (χ3v) is 7.65. The lowest BCUT2D eigenvalue weighted by molar-refractivity contribution is -0.132. The molecule has 4 rings (SSSR count). The van der Waals surface area contributed by atoms with Gasteiger partial charge in [0.05, 0.1) is 24.9 Å². The predicted octanol–water partition coefficient (Wildman–Crippen LogP) is 4.40. The van der Waals surface area contributed by atoms with E-state index < -0.39 is 0 Å². The number of nitrogens with zero attached hydrogens (tertiary/aromatic N) is 3. The van der Waals surface area contributed by atoms with Crippen molar-refractivity contribution in [2.45, 2.75) is 50.4 Å². The van der Waals surface area contributed by atoms with Crippen LogP contribution in [0.25, 0.3) is 10.2 Å². The van der Waals surface area contributed by atoms with Crippen molar-refractivity contribution in [3.05, 3.63) is 51.6 Å². The van der Waals surface area contributed by atoms with Crippen LogP contribution < -0.4 is 10.3 Å². The number of hydrogen-bond acceptors (Lipinski definition) is 6. The summed E-state index contributed by atoms with van der Waals surface area (Å²) in [6.45, 7) is 3.31. The van der Waals surface area contributed by atoms with Gasteiger partial charge in [0.1, 0.15) is 10.4 Å². The fourth-order valence-electron chi connectivity index (χ4n) is 4.14. The van der Waals surface area contributed by atoms with Crippen LogP contribution in [-0.2, 0) is 11.3 Å². The highest BCUT2D eigenvalue weighted by molar-refractivity contribution is 7.99. The minimum atomic E-state index is -0.0785. The maximum absolute atomic E-state index is 13.2. The molecule has 1 amide bonds. The van der Waals surface area contributed by atoms with E-state index in [9.17, 15) is 9.59 Å². The normalized spacial score (nSPS) is 16.6. The Morgan fingerprint density at radius 3 is 2.94 bits per heavy atom. The quantitative estimate of drug-likeness (QED) is 0.389. The average molecular weight is 458 g/mol. The molecule has 0 radical (unpaired) electrons. The first-order chi connectivity index (χ1) is 15.1. The summed E-state index contributed by atoms with van der Waals surface area (Å²) in [4.78, 5) is 33.0. The van der Waals surface area contributed by atoms with Gasteiger partial charge in [0.15, 0.2) is 5.16 Å². The number of amides is 1. The molecule has 1 atom stereocenters. The van der Waals surface area contributed by atoms with Crippen molar-refractivity contribution in [1.82, 2.24) is 14.5 Å². The third-order valence-electron chi connectivity index (χ3n) is 5.80. The SMILES string of the molecule is CC[C@@H]1CCCCN1C(=O)CSc1nc2ccsc2c(=O)n1Cc1ccccc1OC. The number of likely N-dealkylation sites (tertiary alicyclic amines) is 1. The molecule has 3 heterocycles. The summed E-state index contributed by atoms with van der Waals surface area (Å²) < 4.78 is 7.77. The zero-order valence-electron chi connectivity index (χ0n) is 17.9. The molecule has 0 bridgehead atoms. The Morgan fingerprint density at radius 1 is 1.29 bits per heavy atom. The minimum absolute atomic E-state index is 0.0785. The molecule has 0 N–H and O–H groups in total. The zero-order chi connectivity index (χ0) is 21.8. The Hall–Kier alpha value is -2.32. The predicted molar refractivity (Wildman–Crippen MR) is 126 cm³/mol. The van der Waals surface area contributed by atoms with Gasteiger partial charge in [-0.05, 0) is 43.2 Å². The molecule has 6 nitrogen and oxygen atoms in total. The number of piperidine rings is 1. The Morgan fingerprint density at radius 2 is 2.13 bits per heavy atom. The molecule has 8 heteroatoms. The van der Waals surface area contributed by atoms with Gasteiger partial charge in [-0.15, -0.1) is 11.3 Å². The number of thiophene rings is 1. The number of aromatic nitrogens is 2. The highest BCUT2D eigenvalue weighted by Gasteiger charge is 2.26. The van der Waals surface area contributed by atoms with Gasteiger partial charge in [0, 0.05) is 18.2 Å². The first-order valence-corrected chi connectivity index (χ1v) is 12.5. The molecule has 31 heavy (non-hydrogen) atoms. The van der Waals surface area contributed by atoms with E-state index in [1.807, 2.05) is 40.6 Å². The molecular weight excluding hydrogens is 430 g/mol. The fourth-order valence-corrected chi connectivity index (χ4v) is 5.80. The molecule has 1 fully saturated rings. The van der Waals surface area contributed by atoms with E-state index in [1.54, 1.807) is 11.7 Å². The molecule has 2 aromatic heterocycles. The molecule has 0 spiro atoms. The number of thioether (sulfide) groups is 1. The van der Waals surface area contributed by atoms with Crippen LogP contribution in [0, 0.1) is 0 Å². The number of ether oxygens (including phenoxy) is 1. The van der Waals surface area contributed by atoms with Gasteiger partial charge in [-0.3, -0.25) is 14.2 Å². The van der Waals surface area contributed by atoms with Crippen molar-refractivity contribution in [3.8, 4) is 5.75 Å². The molecule has 1 aliphatic heterocycles. The Labute approximate surface area is 190 Å². The number of carbonyl (C=O) groups is 1. The summed E-state index contributed by atoms with van der Waals surface area (Å²) in [6.07, 6.45) is 4.30. The van der Waals surface area contributed by atoms with Crippen molar-refractivity contribution < 1.29 is 9.53 Å². The van der Waals surface area contributed by atoms with Crippen molar-refractivity contribution >= 4 is 39.2 Å². The maximum Gasteiger partial charge on any atom is 0.272 e.